The molecule has 0 aliphatic heterocycles. The van der Waals surface area contributed by atoms with Gasteiger partial charge in [-0.15, -0.1) is 0 Å². The van der Waals surface area contributed by atoms with E-state index in [-0.39, 0.29) is 6.10 Å². The van der Waals surface area contributed by atoms with Crippen LogP contribution in [0.4, 0.5) is 0 Å². The summed E-state index contributed by atoms with van der Waals surface area (Å²) in [7, 11) is 1.96. The molecule has 0 saturated heterocycles. The molecule has 0 saturated carbocycles. The van der Waals surface area contributed by atoms with E-state index in [1.165, 1.54) is 5.56 Å². The number of nitrogens with one attached hydrogen (secondary N) is 1. The van der Waals surface area contributed by atoms with Crippen molar-refractivity contribution in [2.45, 2.75) is 40.2 Å². The van der Waals surface area contributed by atoms with Crippen LogP contribution in [-0.2, 0) is 11.2 Å². The molecule has 0 aliphatic rings. The average Bonchev–Trinajstić information content (AvgIpc) is 2.28. The Morgan fingerprint density at radius 2 is 1.82 bits per heavy atom. The van der Waals surface area contributed by atoms with Crippen molar-refractivity contribution in [2.75, 3.05) is 20.2 Å². The molecule has 1 heterocycles. The minimum Gasteiger partial charge on any atom is -0.371 e. The van der Waals surface area contributed by atoms with Crippen LogP contribution in [0.5, 0.6) is 0 Å². The van der Waals surface area contributed by atoms with Gasteiger partial charge in [0.2, 0.25) is 0 Å². The van der Waals surface area contributed by atoms with E-state index in [0.717, 1.165) is 30.2 Å². The van der Waals surface area contributed by atoms with Crippen molar-refractivity contribution < 1.29 is 4.74 Å². The van der Waals surface area contributed by atoms with Gasteiger partial charge >= 0.3 is 0 Å². The molecule has 0 radical (unpaired) electrons. The first-order valence-electron chi connectivity index (χ1n) is 6.20. The third-order valence-electron chi connectivity index (χ3n) is 2.84. The van der Waals surface area contributed by atoms with Gasteiger partial charge in [0, 0.05) is 18.0 Å². The van der Waals surface area contributed by atoms with E-state index in [1.54, 1.807) is 0 Å². The molecule has 1 aromatic rings. The lowest BCUT2D eigenvalue weighted by atomic mass is 10.1. The summed E-state index contributed by atoms with van der Waals surface area (Å²) >= 11 is 0. The largest absolute Gasteiger partial charge is 0.371 e. The summed E-state index contributed by atoms with van der Waals surface area (Å²) in [4.78, 5) is 9.08. The molecule has 1 atom stereocenters. The SMILES string of the molecule is CCOC(C)c1nc(C)c(CCNC)c(C)n1. The first-order chi connectivity index (χ1) is 8.10. The number of hydrogen-bond donors (Lipinski definition) is 1. The van der Waals surface area contributed by atoms with Crippen molar-refractivity contribution >= 4 is 0 Å². The predicted molar refractivity (Wildman–Crippen MR) is 69.2 cm³/mol. The summed E-state index contributed by atoms with van der Waals surface area (Å²) in [5, 5.41) is 3.15. The Bertz CT molecular complexity index is 343. The number of rotatable bonds is 6. The lowest BCUT2D eigenvalue weighted by Gasteiger charge is -2.14. The van der Waals surface area contributed by atoms with Gasteiger partial charge in [-0.1, -0.05) is 0 Å². The van der Waals surface area contributed by atoms with E-state index < -0.39 is 0 Å². The molecule has 1 aromatic heterocycles. The van der Waals surface area contributed by atoms with Crippen molar-refractivity contribution in [3.63, 3.8) is 0 Å². The van der Waals surface area contributed by atoms with Crippen LogP contribution in [0.25, 0.3) is 0 Å². The smallest absolute Gasteiger partial charge is 0.157 e. The number of nitrogens with zero attached hydrogens (tertiary/aromatic N) is 2. The van der Waals surface area contributed by atoms with E-state index in [9.17, 15) is 0 Å². The molecule has 0 aromatic carbocycles. The van der Waals surface area contributed by atoms with Gasteiger partial charge in [-0.2, -0.15) is 0 Å². The number of aryl methyl sites for hydroxylation is 2. The quantitative estimate of drug-likeness (QED) is 0.821. The molecule has 96 valence electrons. The van der Waals surface area contributed by atoms with Crippen molar-refractivity contribution in [3.8, 4) is 0 Å². The third kappa shape index (κ3) is 3.75. The maximum absolute atomic E-state index is 5.52. The van der Waals surface area contributed by atoms with Crippen LogP contribution in [0.1, 0.15) is 42.7 Å². The van der Waals surface area contributed by atoms with E-state index in [1.807, 2.05) is 34.7 Å². The standard InChI is InChI=1S/C13H23N3O/c1-6-17-11(4)13-15-9(2)12(7-8-14-5)10(3)16-13/h11,14H,6-8H2,1-5H3. The van der Waals surface area contributed by atoms with Gasteiger partial charge < -0.3 is 10.1 Å². The van der Waals surface area contributed by atoms with Crippen LogP contribution in [0.15, 0.2) is 0 Å². The molecular formula is C13H23N3O. The van der Waals surface area contributed by atoms with E-state index in [0.29, 0.717) is 6.61 Å². The number of likely N-dealkylation sites (N-methyl/N-ethyl adjacent to an activating group) is 1. The molecule has 1 N–H and O–H groups in total. The summed E-state index contributed by atoms with van der Waals surface area (Å²) < 4.78 is 5.52. The van der Waals surface area contributed by atoms with Crippen LogP contribution in [0.2, 0.25) is 0 Å². The minimum absolute atomic E-state index is 0.0317. The second-order valence-corrected chi connectivity index (χ2v) is 4.18. The maximum atomic E-state index is 5.52. The van der Waals surface area contributed by atoms with Crippen molar-refractivity contribution in [1.29, 1.82) is 0 Å². The Kier molecular flexibility index (Phi) is 5.51. The van der Waals surface area contributed by atoms with Gasteiger partial charge in [-0.3, -0.25) is 0 Å². The van der Waals surface area contributed by atoms with Gasteiger partial charge in [0.25, 0.3) is 0 Å². The van der Waals surface area contributed by atoms with Crippen LogP contribution in [0, 0.1) is 13.8 Å². The highest BCUT2D eigenvalue weighted by atomic mass is 16.5. The molecule has 4 nitrogen and oxygen atoms in total. The summed E-state index contributed by atoms with van der Waals surface area (Å²) in [6.07, 6.45) is 0.938. The molecule has 1 rings (SSSR count). The zero-order chi connectivity index (χ0) is 12.8. The number of ether oxygens (including phenoxy) is 1. The summed E-state index contributed by atoms with van der Waals surface area (Å²) in [5.74, 6) is 0.787. The molecular weight excluding hydrogens is 214 g/mol. The molecule has 0 aliphatic carbocycles. The van der Waals surface area contributed by atoms with Gasteiger partial charge in [-0.05, 0) is 53.3 Å². The second kappa shape index (κ2) is 6.67. The van der Waals surface area contributed by atoms with Crippen LogP contribution in [-0.4, -0.2) is 30.2 Å². The van der Waals surface area contributed by atoms with Crippen molar-refractivity contribution in [3.05, 3.63) is 22.8 Å². The van der Waals surface area contributed by atoms with E-state index in [2.05, 4.69) is 15.3 Å². The highest BCUT2D eigenvalue weighted by Gasteiger charge is 2.13. The monoisotopic (exact) mass is 237 g/mol. The van der Waals surface area contributed by atoms with Crippen molar-refractivity contribution in [1.82, 2.24) is 15.3 Å². The molecule has 1 unspecified atom stereocenters. The minimum atomic E-state index is -0.0317. The van der Waals surface area contributed by atoms with E-state index in [4.69, 9.17) is 4.74 Å². The first kappa shape index (κ1) is 14.1. The van der Waals surface area contributed by atoms with Crippen LogP contribution < -0.4 is 5.32 Å². The third-order valence-corrected chi connectivity index (χ3v) is 2.84. The number of hydrogen-bond acceptors (Lipinski definition) is 4. The highest BCUT2D eigenvalue weighted by molar-refractivity contribution is 5.25. The fourth-order valence-corrected chi connectivity index (χ4v) is 1.88. The maximum Gasteiger partial charge on any atom is 0.157 e. The van der Waals surface area contributed by atoms with Gasteiger partial charge in [0.05, 0.1) is 0 Å². The highest BCUT2D eigenvalue weighted by Crippen LogP contribution is 2.17. The molecule has 0 fully saturated rings. The lowest BCUT2D eigenvalue weighted by Crippen LogP contribution is -2.15. The van der Waals surface area contributed by atoms with Gasteiger partial charge in [0.1, 0.15) is 6.10 Å². The lowest BCUT2D eigenvalue weighted by molar-refractivity contribution is 0.0697. The molecule has 0 bridgehead atoms. The zero-order valence-corrected chi connectivity index (χ0v) is 11.5. The van der Waals surface area contributed by atoms with Crippen LogP contribution >= 0.6 is 0 Å². The van der Waals surface area contributed by atoms with Gasteiger partial charge in [0.15, 0.2) is 5.82 Å². The fraction of sp³-hybridized carbons (Fsp3) is 0.692. The summed E-state index contributed by atoms with van der Waals surface area (Å²) in [5.41, 5.74) is 3.37. The Balaban J connectivity index is 2.92. The predicted octanol–water partition coefficient (Wildman–Crippen LogP) is 1.95. The molecule has 0 amide bonds. The van der Waals surface area contributed by atoms with Gasteiger partial charge in [-0.25, -0.2) is 9.97 Å². The topological polar surface area (TPSA) is 47.0 Å². The Labute approximate surface area is 104 Å². The second-order valence-electron chi connectivity index (χ2n) is 4.18. The number of aromatic nitrogens is 2. The Hall–Kier alpha value is -1.00. The molecule has 4 heteroatoms. The summed E-state index contributed by atoms with van der Waals surface area (Å²) in [6, 6.07) is 0. The normalized spacial score (nSPS) is 12.8. The summed E-state index contributed by atoms with van der Waals surface area (Å²) in [6.45, 7) is 9.70. The fourth-order valence-electron chi connectivity index (χ4n) is 1.88. The Morgan fingerprint density at radius 3 is 2.29 bits per heavy atom. The zero-order valence-electron chi connectivity index (χ0n) is 11.5. The first-order valence-corrected chi connectivity index (χ1v) is 6.20. The Morgan fingerprint density at radius 1 is 1.24 bits per heavy atom. The van der Waals surface area contributed by atoms with Crippen molar-refractivity contribution in [2.24, 2.45) is 0 Å². The molecule has 0 spiro atoms. The van der Waals surface area contributed by atoms with Crippen LogP contribution in [0.3, 0.4) is 0 Å². The average molecular weight is 237 g/mol. The molecule has 17 heavy (non-hydrogen) atoms. The van der Waals surface area contributed by atoms with E-state index >= 15 is 0 Å².